The van der Waals surface area contributed by atoms with E-state index < -0.39 is 18.3 Å². The molecule has 0 aliphatic rings. The van der Waals surface area contributed by atoms with E-state index >= 15 is 0 Å². The third kappa shape index (κ3) is 3.63. The number of benzene rings is 1. The van der Waals surface area contributed by atoms with Gasteiger partial charge >= 0.3 is 6.18 Å². The van der Waals surface area contributed by atoms with Crippen LogP contribution in [0.1, 0.15) is 18.1 Å². The Morgan fingerprint density at radius 1 is 1.24 bits per heavy atom. The van der Waals surface area contributed by atoms with Gasteiger partial charge < -0.3 is 10.5 Å². The number of hydrogen-bond acceptors (Lipinski definition) is 2. The van der Waals surface area contributed by atoms with Crippen LogP contribution in [0.5, 0.6) is 5.75 Å². The summed E-state index contributed by atoms with van der Waals surface area (Å²) in [6.45, 7) is 4.77. The molecule has 17 heavy (non-hydrogen) atoms. The molecule has 0 saturated carbocycles. The lowest BCUT2D eigenvalue weighted by Crippen LogP contribution is -2.47. The van der Waals surface area contributed by atoms with E-state index in [0.717, 1.165) is 5.56 Å². The zero-order valence-corrected chi connectivity index (χ0v) is 10.0. The van der Waals surface area contributed by atoms with E-state index in [9.17, 15) is 13.2 Å². The topological polar surface area (TPSA) is 35.2 Å². The Hall–Kier alpha value is -1.23. The van der Waals surface area contributed by atoms with Crippen LogP contribution in [0.25, 0.3) is 0 Å². The van der Waals surface area contributed by atoms with Gasteiger partial charge in [-0.05, 0) is 38.0 Å². The van der Waals surface area contributed by atoms with E-state index in [2.05, 4.69) is 0 Å². The fourth-order valence-electron chi connectivity index (χ4n) is 1.44. The summed E-state index contributed by atoms with van der Waals surface area (Å²) in [4.78, 5) is 0. The molecular weight excluding hydrogens is 231 g/mol. The molecule has 0 amide bonds. The van der Waals surface area contributed by atoms with Crippen LogP contribution in [0.3, 0.4) is 0 Å². The summed E-state index contributed by atoms with van der Waals surface area (Å²) in [6, 6.07) is 4.00. The zero-order chi connectivity index (χ0) is 13.2. The third-order valence-corrected chi connectivity index (χ3v) is 2.40. The van der Waals surface area contributed by atoms with Crippen LogP contribution >= 0.6 is 0 Å². The van der Waals surface area contributed by atoms with Gasteiger partial charge in [-0.25, -0.2) is 0 Å². The monoisotopic (exact) mass is 247 g/mol. The van der Waals surface area contributed by atoms with E-state index in [-0.39, 0.29) is 5.75 Å². The van der Waals surface area contributed by atoms with Crippen LogP contribution in [0.2, 0.25) is 0 Å². The first-order valence-corrected chi connectivity index (χ1v) is 5.28. The molecule has 2 atom stereocenters. The highest BCUT2D eigenvalue weighted by Gasteiger charge is 2.44. The number of halogens is 3. The Morgan fingerprint density at radius 2 is 1.82 bits per heavy atom. The molecule has 0 heterocycles. The van der Waals surface area contributed by atoms with E-state index in [4.69, 9.17) is 10.5 Å². The van der Waals surface area contributed by atoms with Gasteiger partial charge in [0.25, 0.3) is 0 Å². The average molecular weight is 247 g/mol. The Kier molecular flexibility index (Phi) is 4.03. The van der Waals surface area contributed by atoms with Crippen LogP contribution in [0, 0.1) is 13.8 Å². The van der Waals surface area contributed by atoms with Crippen molar-refractivity contribution >= 4 is 0 Å². The highest BCUT2D eigenvalue weighted by molar-refractivity contribution is 5.36. The first-order valence-electron chi connectivity index (χ1n) is 5.28. The van der Waals surface area contributed by atoms with E-state index in [1.54, 1.807) is 26.0 Å². The minimum atomic E-state index is -4.47. The quantitative estimate of drug-likeness (QED) is 0.891. The zero-order valence-electron chi connectivity index (χ0n) is 10.0. The fraction of sp³-hybridized carbons (Fsp3) is 0.500. The van der Waals surface area contributed by atoms with E-state index in [1.165, 1.54) is 6.92 Å². The maximum Gasteiger partial charge on any atom is 0.426 e. The van der Waals surface area contributed by atoms with Gasteiger partial charge in [0.1, 0.15) is 5.75 Å². The van der Waals surface area contributed by atoms with Crippen molar-refractivity contribution in [1.29, 1.82) is 0 Å². The predicted molar refractivity (Wildman–Crippen MR) is 60.0 cm³/mol. The second kappa shape index (κ2) is 4.96. The van der Waals surface area contributed by atoms with Gasteiger partial charge in [0.05, 0.1) is 0 Å². The molecule has 0 spiro atoms. The van der Waals surface area contributed by atoms with E-state index in [1.807, 2.05) is 6.07 Å². The van der Waals surface area contributed by atoms with Crippen LogP contribution in [0.4, 0.5) is 13.2 Å². The Bertz CT molecular complexity index is 388. The summed E-state index contributed by atoms with van der Waals surface area (Å²) >= 11 is 0. The first-order chi connectivity index (χ1) is 7.71. The number of ether oxygens (including phenoxy) is 1. The molecule has 2 unspecified atom stereocenters. The summed E-state index contributed by atoms with van der Waals surface area (Å²) in [7, 11) is 0. The van der Waals surface area contributed by atoms with Crippen molar-refractivity contribution in [2.45, 2.75) is 39.1 Å². The lowest BCUT2D eigenvalue weighted by Gasteiger charge is -2.25. The van der Waals surface area contributed by atoms with Crippen LogP contribution < -0.4 is 10.5 Å². The molecule has 96 valence electrons. The summed E-state index contributed by atoms with van der Waals surface area (Å²) < 4.78 is 43.1. The van der Waals surface area contributed by atoms with Gasteiger partial charge in [0.15, 0.2) is 0 Å². The Labute approximate surface area is 98.6 Å². The van der Waals surface area contributed by atoms with Crippen molar-refractivity contribution in [1.82, 2.24) is 0 Å². The standard InChI is InChI=1S/C12H16F3NO/c1-7-4-5-8(2)10(6-7)17-11(9(3)16)12(13,14)15/h4-6,9,11H,16H2,1-3H3. The second-order valence-electron chi connectivity index (χ2n) is 4.21. The van der Waals surface area contributed by atoms with Crippen molar-refractivity contribution in [2.24, 2.45) is 5.73 Å². The summed E-state index contributed by atoms with van der Waals surface area (Å²) in [6.07, 6.45) is -6.45. The summed E-state index contributed by atoms with van der Waals surface area (Å²) in [5.41, 5.74) is 6.82. The molecule has 0 aliphatic carbocycles. The normalized spacial score (nSPS) is 15.5. The number of alkyl halides is 3. The lowest BCUT2D eigenvalue weighted by atomic mass is 10.1. The lowest BCUT2D eigenvalue weighted by molar-refractivity contribution is -0.199. The molecule has 0 radical (unpaired) electrons. The highest BCUT2D eigenvalue weighted by Crippen LogP contribution is 2.29. The third-order valence-electron chi connectivity index (χ3n) is 2.40. The number of rotatable bonds is 3. The average Bonchev–Trinajstić information content (AvgIpc) is 2.17. The van der Waals surface area contributed by atoms with Gasteiger partial charge in [-0.1, -0.05) is 12.1 Å². The number of aryl methyl sites for hydroxylation is 2. The number of hydrogen-bond donors (Lipinski definition) is 1. The SMILES string of the molecule is Cc1ccc(C)c(OC(C(C)N)C(F)(F)F)c1. The van der Waals surface area contributed by atoms with Crippen molar-refractivity contribution in [3.63, 3.8) is 0 Å². The minimum absolute atomic E-state index is 0.227. The van der Waals surface area contributed by atoms with Gasteiger partial charge in [-0.2, -0.15) is 13.2 Å². The molecule has 0 saturated heterocycles. The second-order valence-corrected chi connectivity index (χ2v) is 4.21. The van der Waals surface area contributed by atoms with Crippen LogP contribution in [-0.4, -0.2) is 18.3 Å². The van der Waals surface area contributed by atoms with Crippen molar-refractivity contribution in [3.05, 3.63) is 29.3 Å². The first kappa shape index (κ1) is 13.8. The van der Waals surface area contributed by atoms with Gasteiger partial charge in [-0.15, -0.1) is 0 Å². The Morgan fingerprint density at radius 3 is 2.29 bits per heavy atom. The molecule has 1 aromatic carbocycles. The fourth-order valence-corrected chi connectivity index (χ4v) is 1.44. The highest BCUT2D eigenvalue weighted by atomic mass is 19.4. The maximum atomic E-state index is 12.7. The van der Waals surface area contributed by atoms with Crippen molar-refractivity contribution in [2.75, 3.05) is 0 Å². The van der Waals surface area contributed by atoms with Crippen LogP contribution in [-0.2, 0) is 0 Å². The largest absolute Gasteiger partial charge is 0.479 e. The van der Waals surface area contributed by atoms with Gasteiger partial charge in [-0.3, -0.25) is 0 Å². The van der Waals surface area contributed by atoms with Gasteiger partial charge in [0.2, 0.25) is 6.10 Å². The van der Waals surface area contributed by atoms with Crippen molar-refractivity contribution < 1.29 is 17.9 Å². The minimum Gasteiger partial charge on any atom is -0.479 e. The number of nitrogens with two attached hydrogens (primary N) is 1. The maximum absolute atomic E-state index is 12.7. The Balaban J connectivity index is 2.98. The molecule has 0 aromatic heterocycles. The van der Waals surface area contributed by atoms with E-state index in [0.29, 0.717) is 5.56 Å². The molecule has 0 aliphatic heterocycles. The van der Waals surface area contributed by atoms with Crippen LogP contribution in [0.15, 0.2) is 18.2 Å². The molecule has 1 rings (SSSR count). The molecule has 0 fully saturated rings. The van der Waals surface area contributed by atoms with Gasteiger partial charge in [0, 0.05) is 6.04 Å². The smallest absolute Gasteiger partial charge is 0.426 e. The summed E-state index contributed by atoms with van der Waals surface area (Å²) in [5.74, 6) is 0.227. The van der Waals surface area contributed by atoms with Crippen molar-refractivity contribution in [3.8, 4) is 5.75 Å². The molecular formula is C12H16F3NO. The molecule has 2 N–H and O–H groups in total. The molecule has 5 heteroatoms. The molecule has 1 aromatic rings. The molecule has 0 bridgehead atoms. The summed E-state index contributed by atoms with van der Waals surface area (Å²) in [5, 5.41) is 0. The molecule has 2 nitrogen and oxygen atoms in total. The predicted octanol–water partition coefficient (Wildman–Crippen LogP) is 2.96.